The number of aromatic nitrogens is 2. The first kappa shape index (κ1) is 19.6. The predicted octanol–water partition coefficient (Wildman–Crippen LogP) is 1.93. The molecular weight excluding hydrogens is 392 g/mol. The Hall–Kier alpha value is -3.11. The molecule has 0 fully saturated rings. The van der Waals surface area contributed by atoms with Crippen molar-refractivity contribution >= 4 is 21.4 Å². The van der Waals surface area contributed by atoms with Crippen LogP contribution in [-0.4, -0.2) is 41.9 Å². The van der Waals surface area contributed by atoms with E-state index in [9.17, 15) is 22.0 Å². The van der Waals surface area contributed by atoms with E-state index in [2.05, 4.69) is 10.2 Å². The second-order valence-electron chi connectivity index (χ2n) is 5.88. The van der Waals surface area contributed by atoms with E-state index in [0.29, 0.717) is 6.07 Å². The van der Waals surface area contributed by atoms with Gasteiger partial charge in [0.1, 0.15) is 11.6 Å². The van der Waals surface area contributed by atoms with Gasteiger partial charge in [0.25, 0.3) is 0 Å². The van der Waals surface area contributed by atoms with E-state index in [1.807, 2.05) is 0 Å². The van der Waals surface area contributed by atoms with Crippen LogP contribution in [0.2, 0.25) is 0 Å². The van der Waals surface area contributed by atoms with E-state index < -0.39 is 39.6 Å². The number of nitrogens with two attached hydrogens (primary N) is 1. The normalized spacial score (nSPS) is 11.5. The van der Waals surface area contributed by atoms with Crippen molar-refractivity contribution in [1.29, 1.82) is 0 Å². The number of nitrogens with zero attached hydrogens (tertiary/aromatic N) is 1. The summed E-state index contributed by atoms with van der Waals surface area (Å²) < 4.78 is 51.6. The van der Waals surface area contributed by atoms with Crippen LogP contribution in [0.1, 0.15) is 15.9 Å². The lowest BCUT2D eigenvalue weighted by Gasteiger charge is -2.07. The Balaban J connectivity index is 2.09. The zero-order valence-corrected chi connectivity index (χ0v) is 15.1. The van der Waals surface area contributed by atoms with Crippen LogP contribution in [0.5, 0.6) is 0 Å². The fraction of sp³-hybridized carbons (Fsp3) is 0.111. The molecule has 0 unspecified atom stereocenters. The van der Waals surface area contributed by atoms with Crippen LogP contribution >= 0.6 is 0 Å². The average Bonchev–Trinajstić information content (AvgIpc) is 3.02. The van der Waals surface area contributed by atoms with Crippen molar-refractivity contribution in [2.45, 2.75) is 4.90 Å². The molecule has 0 spiro atoms. The van der Waals surface area contributed by atoms with Gasteiger partial charge < -0.3 is 10.8 Å². The molecule has 1 aromatic heterocycles. The molecule has 1 heterocycles. The number of hydrogen-bond donors (Lipinski definition) is 3. The van der Waals surface area contributed by atoms with Gasteiger partial charge in [0.15, 0.2) is 21.4 Å². The van der Waals surface area contributed by atoms with Gasteiger partial charge in [0, 0.05) is 17.2 Å². The molecule has 4 N–H and O–H groups in total. The minimum atomic E-state index is -3.78. The van der Waals surface area contributed by atoms with E-state index in [4.69, 9.17) is 10.8 Å². The summed E-state index contributed by atoms with van der Waals surface area (Å²) in [4.78, 5) is 12.8. The summed E-state index contributed by atoms with van der Waals surface area (Å²) in [5.74, 6) is -3.11. The van der Waals surface area contributed by atoms with Crippen molar-refractivity contribution in [3.63, 3.8) is 0 Å². The Bertz CT molecular complexity index is 1160. The number of carbonyl (C=O) groups is 1. The third-order valence-electron chi connectivity index (χ3n) is 4.04. The van der Waals surface area contributed by atoms with Crippen molar-refractivity contribution in [3.05, 3.63) is 65.2 Å². The molecule has 28 heavy (non-hydrogen) atoms. The second kappa shape index (κ2) is 7.49. The van der Waals surface area contributed by atoms with Gasteiger partial charge in [-0.25, -0.2) is 17.2 Å². The summed E-state index contributed by atoms with van der Waals surface area (Å²) >= 11 is 0. The Kier molecular flexibility index (Phi) is 5.25. The number of ketones is 1. The lowest BCUT2D eigenvalue weighted by atomic mass is 9.99. The molecule has 146 valence electrons. The first-order valence-corrected chi connectivity index (χ1v) is 9.67. The van der Waals surface area contributed by atoms with Crippen LogP contribution in [0, 0.1) is 11.6 Å². The minimum Gasteiger partial charge on any atom is -0.395 e. The van der Waals surface area contributed by atoms with E-state index in [1.54, 1.807) is 0 Å². The molecule has 3 rings (SSSR count). The van der Waals surface area contributed by atoms with Gasteiger partial charge in [-0.15, -0.1) is 0 Å². The molecule has 0 aliphatic rings. The molecule has 0 amide bonds. The number of sulfone groups is 1. The van der Waals surface area contributed by atoms with Gasteiger partial charge in [-0.3, -0.25) is 9.89 Å². The van der Waals surface area contributed by atoms with Crippen LogP contribution in [0.3, 0.4) is 0 Å². The van der Waals surface area contributed by atoms with Crippen molar-refractivity contribution in [2.24, 2.45) is 0 Å². The number of anilines is 1. The summed E-state index contributed by atoms with van der Waals surface area (Å²) in [6.45, 7) is -0.566. The van der Waals surface area contributed by atoms with Gasteiger partial charge in [-0.05, 0) is 24.3 Å². The molecule has 0 aliphatic carbocycles. The number of aromatic amines is 1. The molecule has 0 aliphatic heterocycles. The van der Waals surface area contributed by atoms with Gasteiger partial charge in [0.05, 0.1) is 28.5 Å². The van der Waals surface area contributed by atoms with Crippen LogP contribution in [0.4, 0.5) is 14.6 Å². The maximum atomic E-state index is 14.2. The van der Waals surface area contributed by atoms with E-state index in [0.717, 1.165) is 18.2 Å². The molecule has 0 atom stereocenters. The van der Waals surface area contributed by atoms with Gasteiger partial charge in [0.2, 0.25) is 0 Å². The molecule has 3 aromatic rings. The van der Waals surface area contributed by atoms with E-state index in [-0.39, 0.29) is 33.1 Å². The highest BCUT2D eigenvalue weighted by atomic mass is 32.2. The lowest BCUT2D eigenvalue weighted by molar-refractivity contribution is 0.104. The van der Waals surface area contributed by atoms with E-state index in [1.165, 1.54) is 18.2 Å². The number of hydrogen-bond acceptors (Lipinski definition) is 6. The maximum Gasteiger partial charge on any atom is 0.199 e. The van der Waals surface area contributed by atoms with Crippen LogP contribution in [-0.2, 0) is 9.84 Å². The summed E-state index contributed by atoms with van der Waals surface area (Å²) in [5, 5.41) is 15.1. The zero-order valence-electron chi connectivity index (χ0n) is 14.3. The smallest absolute Gasteiger partial charge is 0.199 e. The highest BCUT2D eigenvalue weighted by Crippen LogP contribution is 2.30. The highest BCUT2D eigenvalue weighted by Gasteiger charge is 2.24. The van der Waals surface area contributed by atoms with Gasteiger partial charge in [-0.1, -0.05) is 12.1 Å². The molecule has 0 radical (unpaired) electrons. The largest absolute Gasteiger partial charge is 0.395 e. The zero-order chi connectivity index (χ0) is 20.5. The molecule has 0 saturated carbocycles. The first-order valence-electron chi connectivity index (χ1n) is 8.02. The number of carbonyl (C=O) groups excluding carboxylic acids is 1. The summed E-state index contributed by atoms with van der Waals surface area (Å²) in [6, 6.07) is 7.99. The topological polar surface area (TPSA) is 126 Å². The van der Waals surface area contributed by atoms with Crippen molar-refractivity contribution < 1.29 is 27.1 Å². The first-order chi connectivity index (χ1) is 13.2. The second-order valence-corrected chi connectivity index (χ2v) is 7.99. The molecule has 0 saturated heterocycles. The number of nitrogen functional groups attached to an aromatic ring is 1. The molecule has 10 heteroatoms. The Morgan fingerprint density at radius 1 is 1.18 bits per heavy atom. The summed E-state index contributed by atoms with van der Waals surface area (Å²) in [7, 11) is -3.78. The van der Waals surface area contributed by atoms with Crippen LogP contribution in [0.25, 0.3) is 11.3 Å². The highest BCUT2D eigenvalue weighted by molar-refractivity contribution is 7.91. The fourth-order valence-corrected chi connectivity index (χ4v) is 3.75. The average molecular weight is 407 g/mol. The molecule has 7 nitrogen and oxygen atoms in total. The van der Waals surface area contributed by atoms with E-state index >= 15 is 0 Å². The van der Waals surface area contributed by atoms with Crippen molar-refractivity contribution in [1.82, 2.24) is 10.2 Å². The van der Waals surface area contributed by atoms with Crippen molar-refractivity contribution in [2.75, 3.05) is 18.1 Å². The number of halogens is 2. The number of nitrogens with one attached hydrogen (secondary N) is 1. The SMILES string of the molecule is Nc1n[nH]c(-c2ccc(F)cc2F)c1C(=O)c1cccc(S(=O)(=O)CCO)c1. The van der Waals surface area contributed by atoms with Gasteiger partial charge in [-0.2, -0.15) is 5.10 Å². The third kappa shape index (κ3) is 3.64. The summed E-state index contributed by atoms with van der Waals surface area (Å²) in [5.41, 5.74) is 5.41. The Morgan fingerprint density at radius 2 is 1.93 bits per heavy atom. The number of H-pyrrole nitrogens is 1. The number of rotatable bonds is 6. The van der Waals surface area contributed by atoms with Crippen LogP contribution < -0.4 is 5.73 Å². The quantitative estimate of drug-likeness (QED) is 0.536. The van der Waals surface area contributed by atoms with Crippen molar-refractivity contribution in [3.8, 4) is 11.3 Å². The molecule has 2 aromatic carbocycles. The minimum absolute atomic E-state index is 0.0177. The monoisotopic (exact) mass is 407 g/mol. The number of aliphatic hydroxyl groups is 1. The maximum absolute atomic E-state index is 14.2. The number of benzene rings is 2. The fourth-order valence-electron chi connectivity index (χ4n) is 2.69. The number of aliphatic hydroxyl groups excluding tert-OH is 1. The predicted molar refractivity (Wildman–Crippen MR) is 97.4 cm³/mol. The van der Waals surface area contributed by atoms with Crippen LogP contribution in [0.15, 0.2) is 47.4 Å². The molecule has 0 bridgehead atoms. The Labute approximate surface area is 158 Å². The summed E-state index contributed by atoms with van der Waals surface area (Å²) in [6.07, 6.45) is 0. The Morgan fingerprint density at radius 3 is 2.61 bits per heavy atom. The lowest BCUT2D eigenvalue weighted by Crippen LogP contribution is -2.12. The third-order valence-corrected chi connectivity index (χ3v) is 5.73. The standard InChI is InChI=1S/C18H15F2N3O4S/c19-11-4-5-13(14(20)9-11)16-15(18(21)23-22-16)17(25)10-2-1-3-12(8-10)28(26,27)7-6-24/h1-5,8-9,24H,6-7H2,(H3,21,22,23). The van der Waals surface area contributed by atoms with Gasteiger partial charge >= 0.3 is 0 Å². The molecular formula is C18H15F2N3O4S.